The Morgan fingerprint density at radius 3 is 1.98 bits per heavy atom. The third-order valence-corrected chi connectivity index (χ3v) is 5.46. The van der Waals surface area contributed by atoms with Crippen LogP contribution in [0.4, 0.5) is 26.3 Å². The van der Waals surface area contributed by atoms with Crippen molar-refractivity contribution in [1.82, 2.24) is 4.98 Å². The number of pyridine rings is 1. The summed E-state index contributed by atoms with van der Waals surface area (Å²) in [5, 5.41) is 16.3. The van der Waals surface area contributed by atoms with Crippen molar-refractivity contribution in [3.05, 3.63) is 76.4 Å². The van der Waals surface area contributed by atoms with E-state index in [-0.39, 0.29) is 34.4 Å². The highest BCUT2D eigenvalue weighted by molar-refractivity contribution is 6.32. The number of ketones is 1. The molecule has 2 N–H and O–H groups in total. The Hall–Kier alpha value is -4.73. The molecule has 0 aliphatic rings. The largest absolute Gasteiger partial charge is 0.573 e. The molecule has 0 bridgehead atoms. The van der Waals surface area contributed by atoms with Crippen molar-refractivity contribution in [1.29, 1.82) is 0 Å². The molecule has 0 saturated heterocycles. The average molecular weight is 654 g/mol. The highest BCUT2D eigenvalue weighted by Gasteiger charge is 2.38. The summed E-state index contributed by atoms with van der Waals surface area (Å²) in [6.07, 6.45) is -8.68. The quantitative estimate of drug-likeness (QED) is 0.188. The summed E-state index contributed by atoms with van der Waals surface area (Å²) in [6.45, 7) is 2.63. The molecule has 1 aromatic heterocycles. The number of carbonyl (C=O) groups is 3. The molecule has 17 heteroatoms. The number of halogens is 7. The molecule has 2 aromatic carbocycles. The summed E-state index contributed by atoms with van der Waals surface area (Å²) in [5.74, 6) is -4.47. The predicted octanol–water partition coefficient (Wildman–Crippen LogP) is 6.33. The van der Waals surface area contributed by atoms with Gasteiger partial charge in [-0.2, -0.15) is 13.2 Å². The smallest absolute Gasteiger partial charge is 0.497 e. The van der Waals surface area contributed by atoms with Crippen LogP contribution in [0, 0.1) is 0 Å². The van der Waals surface area contributed by atoms with E-state index in [9.17, 15) is 41.0 Å². The number of carboxylic acid groups (broad SMARTS) is 2. The zero-order valence-electron chi connectivity index (χ0n) is 22.7. The van der Waals surface area contributed by atoms with Crippen LogP contribution in [0.1, 0.15) is 35.3 Å². The maximum absolute atomic E-state index is 13.1. The normalized spacial score (nSPS) is 11.5. The maximum atomic E-state index is 13.1. The Kier molecular flexibility index (Phi) is 11.4. The Morgan fingerprint density at radius 1 is 0.864 bits per heavy atom. The highest BCUT2D eigenvalue weighted by Crippen LogP contribution is 2.32. The predicted molar refractivity (Wildman–Crippen MR) is 139 cm³/mol. The van der Waals surface area contributed by atoms with E-state index >= 15 is 0 Å². The SMILES string of the molecule is COc1ccc(C(=O)c2ccc(OCc3ccc(OC(F)(F)F)c(Cl)c3)nc2)c(OC(C)(C)C(=O)O)c1.O=C(O)C(F)(F)F. The molecule has 0 fully saturated rings. The fourth-order valence-corrected chi connectivity index (χ4v) is 3.22. The Labute approximate surface area is 249 Å². The summed E-state index contributed by atoms with van der Waals surface area (Å²) in [7, 11) is 1.42. The van der Waals surface area contributed by atoms with Gasteiger partial charge in [-0.3, -0.25) is 4.79 Å². The van der Waals surface area contributed by atoms with Crippen molar-refractivity contribution < 1.29 is 69.9 Å². The van der Waals surface area contributed by atoms with Gasteiger partial charge in [-0.25, -0.2) is 14.6 Å². The minimum absolute atomic E-state index is 0.0203. The average Bonchev–Trinajstić information content (AvgIpc) is 2.92. The number of hydrogen-bond donors (Lipinski definition) is 2. The van der Waals surface area contributed by atoms with Crippen molar-refractivity contribution in [2.45, 2.75) is 38.6 Å². The van der Waals surface area contributed by atoms with E-state index in [4.69, 9.17) is 35.7 Å². The van der Waals surface area contributed by atoms with Crippen LogP contribution in [-0.2, 0) is 16.2 Å². The number of alkyl halides is 6. The Morgan fingerprint density at radius 2 is 1.50 bits per heavy atom. The first-order chi connectivity index (χ1) is 20.2. The van der Waals surface area contributed by atoms with Gasteiger partial charge >= 0.3 is 24.5 Å². The molecule has 0 aliphatic heterocycles. The minimum Gasteiger partial charge on any atom is -0.497 e. The molecule has 10 nitrogen and oxygen atoms in total. The van der Waals surface area contributed by atoms with E-state index in [1.165, 1.54) is 69.6 Å². The van der Waals surface area contributed by atoms with Crippen LogP contribution in [-0.4, -0.2) is 58.2 Å². The van der Waals surface area contributed by atoms with Gasteiger partial charge in [0.25, 0.3) is 0 Å². The van der Waals surface area contributed by atoms with Crippen LogP contribution in [0.15, 0.2) is 54.7 Å². The summed E-state index contributed by atoms with van der Waals surface area (Å²) in [6, 6.07) is 11.0. The van der Waals surface area contributed by atoms with Crippen LogP contribution in [0.5, 0.6) is 23.1 Å². The Balaban J connectivity index is 0.000000860. The summed E-state index contributed by atoms with van der Waals surface area (Å²) in [4.78, 5) is 37.6. The second kappa shape index (κ2) is 14.2. The lowest BCUT2D eigenvalue weighted by Gasteiger charge is -2.23. The number of aliphatic carboxylic acids is 2. The molecular formula is C27H22ClF6NO9. The van der Waals surface area contributed by atoms with E-state index in [2.05, 4.69) is 9.72 Å². The number of benzene rings is 2. The zero-order chi connectivity index (χ0) is 33.5. The second-order valence-electron chi connectivity index (χ2n) is 8.90. The van der Waals surface area contributed by atoms with Crippen LogP contribution >= 0.6 is 11.6 Å². The van der Waals surface area contributed by atoms with Crippen molar-refractivity contribution in [2.24, 2.45) is 0 Å². The molecule has 0 atom stereocenters. The van der Waals surface area contributed by atoms with E-state index in [0.717, 1.165) is 6.07 Å². The van der Waals surface area contributed by atoms with Crippen LogP contribution in [0.25, 0.3) is 0 Å². The fraction of sp³-hybridized carbons (Fsp3) is 0.259. The number of ether oxygens (including phenoxy) is 4. The molecule has 3 rings (SSSR count). The van der Waals surface area contributed by atoms with Crippen LogP contribution < -0.4 is 18.9 Å². The number of hydrogen-bond acceptors (Lipinski definition) is 8. The van der Waals surface area contributed by atoms with Gasteiger partial charge in [0, 0.05) is 23.9 Å². The van der Waals surface area contributed by atoms with Crippen LogP contribution in [0.3, 0.4) is 0 Å². The topological polar surface area (TPSA) is 141 Å². The summed E-state index contributed by atoms with van der Waals surface area (Å²) >= 11 is 5.84. The van der Waals surface area contributed by atoms with Gasteiger partial charge in [-0.15, -0.1) is 13.2 Å². The van der Waals surface area contributed by atoms with Crippen molar-refractivity contribution in [3.8, 4) is 23.1 Å². The minimum atomic E-state index is -5.08. The van der Waals surface area contributed by atoms with Gasteiger partial charge in [0.2, 0.25) is 5.88 Å². The molecular weight excluding hydrogens is 632 g/mol. The van der Waals surface area contributed by atoms with E-state index in [0.29, 0.717) is 11.3 Å². The van der Waals surface area contributed by atoms with Crippen molar-refractivity contribution >= 4 is 29.3 Å². The second-order valence-corrected chi connectivity index (χ2v) is 9.31. The first kappa shape index (κ1) is 35.5. The zero-order valence-corrected chi connectivity index (χ0v) is 23.5. The fourth-order valence-electron chi connectivity index (χ4n) is 2.97. The molecule has 0 aliphatic carbocycles. The number of carboxylic acids is 2. The molecule has 0 radical (unpaired) electrons. The number of nitrogens with zero attached hydrogens (tertiary/aromatic N) is 1. The number of methoxy groups -OCH3 is 1. The first-order valence-corrected chi connectivity index (χ1v) is 12.2. The Bertz CT molecular complexity index is 1490. The van der Waals surface area contributed by atoms with E-state index in [1.807, 2.05) is 0 Å². The molecule has 238 valence electrons. The molecule has 0 saturated carbocycles. The number of aromatic nitrogens is 1. The molecule has 1 heterocycles. The van der Waals surface area contributed by atoms with Gasteiger partial charge in [-0.1, -0.05) is 17.7 Å². The van der Waals surface area contributed by atoms with E-state index in [1.54, 1.807) is 0 Å². The molecule has 0 spiro atoms. The monoisotopic (exact) mass is 653 g/mol. The van der Waals surface area contributed by atoms with Crippen molar-refractivity contribution in [3.63, 3.8) is 0 Å². The number of rotatable bonds is 10. The first-order valence-electron chi connectivity index (χ1n) is 11.8. The lowest BCUT2D eigenvalue weighted by atomic mass is 10.0. The van der Waals surface area contributed by atoms with Gasteiger partial charge in [0.1, 0.15) is 23.9 Å². The third kappa shape index (κ3) is 10.5. The lowest BCUT2D eigenvalue weighted by molar-refractivity contribution is -0.274. The molecule has 44 heavy (non-hydrogen) atoms. The van der Waals surface area contributed by atoms with E-state index < -0.39 is 41.6 Å². The van der Waals surface area contributed by atoms with Gasteiger partial charge < -0.3 is 29.2 Å². The van der Waals surface area contributed by atoms with Gasteiger partial charge in [-0.05, 0) is 49.7 Å². The lowest BCUT2D eigenvalue weighted by Crippen LogP contribution is -2.38. The maximum Gasteiger partial charge on any atom is 0.573 e. The van der Waals surface area contributed by atoms with Gasteiger partial charge in [0.05, 0.1) is 17.7 Å². The van der Waals surface area contributed by atoms with Gasteiger partial charge in [0.15, 0.2) is 11.4 Å². The summed E-state index contributed by atoms with van der Waals surface area (Å²) in [5.41, 5.74) is -0.881. The number of carbonyl (C=O) groups excluding carboxylic acids is 1. The standard InChI is InChI=1S/C25H21ClF3NO7.C2HF3O2/c1-24(2,23(32)33)36-20-11-16(34-3)6-7-17(20)22(31)15-5-9-21(30-12-15)35-13-14-4-8-19(18(26)10-14)37-25(27,28)29;3-2(4,5)1(6)7/h4-12H,13H2,1-3H3,(H,32,33);(H,6,7). The molecule has 0 unspecified atom stereocenters. The molecule has 0 amide bonds. The highest BCUT2D eigenvalue weighted by atomic mass is 35.5. The van der Waals surface area contributed by atoms with Crippen molar-refractivity contribution in [2.75, 3.05) is 7.11 Å². The summed E-state index contributed by atoms with van der Waals surface area (Å²) < 4.78 is 89.0. The van der Waals surface area contributed by atoms with Crippen LogP contribution in [0.2, 0.25) is 5.02 Å². The third-order valence-electron chi connectivity index (χ3n) is 5.16. The molecule has 3 aromatic rings.